The molecule has 2 heterocycles. The van der Waals surface area contributed by atoms with E-state index in [1.165, 1.54) is 5.56 Å². The fourth-order valence-corrected chi connectivity index (χ4v) is 2.54. The molecule has 118 valence electrons. The Kier molecular flexibility index (Phi) is 5.14. The van der Waals surface area contributed by atoms with E-state index in [-0.39, 0.29) is 5.43 Å². The quantitative estimate of drug-likeness (QED) is 0.923. The first kappa shape index (κ1) is 16.4. The second-order valence-electron chi connectivity index (χ2n) is 6.20. The van der Waals surface area contributed by atoms with Crippen molar-refractivity contribution in [3.8, 4) is 0 Å². The van der Waals surface area contributed by atoms with Crippen molar-refractivity contribution >= 4 is 0 Å². The second-order valence-corrected chi connectivity index (χ2v) is 6.20. The van der Waals surface area contributed by atoms with Gasteiger partial charge in [0, 0.05) is 53.9 Å². The minimum absolute atomic E-state index is 0.134. The Morgan fingerprint density at radius 3 is 2.73 bits per heavy atom. The van der Waals surface area contributed by atoms with E-state index in [0.717, 1.165) is 35.5 Å². The fraction of sp³-hybridized carbons (Fsp3) is 0.444. The van der Waals surface area contributed by atoms with Gasteiger partial charge >= 0.3 is 0 Å². The average molecular weight is 299 g/mol. The van der Waals surface area contributed by atoms with Crippen molar-refractivity contribution in [1.82, 2.24) is 14.9 Å². The first-order chi connectivity index (χ1) is 10.4. The van der Waals surface area contributed by atoms with Gasteiger partial charge in [-0.3, -0.25) is 14.7 Å². The van der Waals surface area contributed by atoms with Crippen molar-refractivity contribution in [2.45, 2.75) is 46.7 Å². The van der Waals surface area contributed by atoms with Crippen LogP contribution in [0, 0.1) is 20.8 Å². The summed E-state index contributed by atoms with van der Waals surface area (Å²) in [5, 5.41) is 0. The summed E-state index contributed by atoms with van der Waals surface area (Å²) in [6.45, 7) is 8.73. The lowest BCUT2D eigenvalue weighted by Gasteiger charge is -2.25. The number of likely N-dealkylation sites (N-methyl/N-ethyl adjacent to an activating group) is 1. The Labute approximate surface area is 132 Å². The Morgan fingerprint density at radius 1 is 1.32 bits per heavy atom. The summed E-state index contributed by atoms with van der Waals surface area (Å²) in [7, 11) is 2.08. The molecule has 22 heavy (non-hydrogen) atoms. The van der Waals surface area contributed by atoms with E-state index in [1.54, 1.807) is 6.20 Å². The highest BCUT2D eigenvalue weighted by Gasteiger charge is 2.14. The van der Waals surface area contributed by atoms with Crippen molar-refractivity contribution in [1.29, 1.82) is 0 Å². The standard InChI is InChI=1S/C18H25N3O/c1-12-6-7-19-16(8-12)9-14(3)21(5)11-17-15(4)18(22)13(2)10-20-17/h6-8,10,14H,9,11H2,1-5H3,(H,20,22)/t14-/m0/s1. The monoisotopic (exact) mass is 299 g/mol. The van der Waals surface area contributed by atoms with Gasteiger partial charge in [0.25, 0.3) is 0 Å². The number of H-pyrrole nitrogens is 1. The molecule has 0 unspecified atom stereocenters. The van der Waals surface area contributed by atoms with Gasteiger partial charge in [0.15, 0.2) is 5.43 Å². The van der Waals surface area contributed by atoms with Gasteiger partial charge in [-0.25, -0.2) is 0 Å². The summed E-state index contributed by atoms with van der Waals surface area (Å²) >= 11 is 0. The van der Waals surface area contributed by atoms with Gasteiger partial charge in [-0.15, -0.1) is 0 Å². The molecule has 0 aromatic carbocycles. The number of aryl methyl sites for hydroxylation is 2. The van der Waals surface area contributed by atoms with E-state index in [2.05, 4.69) is 41.8 Å². The lowest BCUT2D eigenvalue weighted by Crippen LogP contribution is -2.32. The van der Waals surface area contributed by atoms with Crippen molar-refractivity contribution in [3.05, 3.63) is 62.8 Å². The summed E-state index contributed by atoms with van der Waals surface area (Å²) in [5.41, 5.74) is 5.04. The fourth-order valence-electron chi connectivity index (χ4n) is 2.54. The number of pyridine rings is 2. The molecule has 1 N–H and O–H groups in total. The van der Waals surface area contributed by atoms with Crippen LogP contribution < -0.4 is 5.43 Å². The van der Waals surface area contributed by atoms with E-state index in [1.807, 2.05) is 26.1 Å². The highest BCUT2D eigenvalue weighted by Crippen LogP contribution is 2.11. The molecule has 4 heteroatoms. The Balaban J connectivity index is 2.07. The molecule has 0 saturated heterocycles. The zero-order valence-electron chi connectivity index (χ0n) is 14.1. The third kappa shape index (κ3) is 3.83. The van der Waals surface area contributed by atoms with Crippen LogP contribution >= 0.6 is 0 Å². The molecule has 0 amide bonds. The third-order valence-electron chi connectivity index (χ3n) is 4.25. The third-order valence-corrected chi connectivity index (χ3v) is 4.25. The van der Waals surface area contributed by atoms with Crippen LogP contribution in [0.1, 0.15) is 35.0 Å². The molecule has 1 atom stereocenters. The van der Waals surface area contributed by atoms with E-state index in [0.29, 0.717) is 6.04 Å². The van der Waals surface area contributed by atoms with Crippen LogP contribution in [0.4, 0.5) is 0 Å². The van der Waals surface area contributed by atoms with Crippen molar-refractivity contribution in [3.63, 3.8) is 0 Å². The smallest absolute Gasteiger partial charge is 0.187 e. The number of aromatic nitrogens is 2. The molecule has 2 aromatic rings. The zero-order chi connectivity index (χ0) is 16.3. The molecular weight excluding hydrogens is 274 g/mol. The molecule has 2 rings (SSSR count). The maximum absolute atomic E-state index is 12.0. The molecule has 0 aliphatic heterocycles. The lowest BCUT2D eigenvalue weighted by atomic mass is 10.1. The van der Waals surface area contributed by atoms with Crippen LogP contribution in [0.25, 0.3) is 0 Å². The maximum atomic E-state index is 12.0. The summed E-state index contributed by atoms with van der Waals surface area (Å²) in [4.78, 5) is 21.9. The highest BCUT2D eigenvalue weighted by molar-refractivity contribution is 5.23. The highest BCUT2D eigenvalue weighted by atomic mass is 16.1. The predicted octanol–water partition coefficient (Wildman–Crippen LogP) is 2.76. The SMILES string of the molecule is Cc1ccnc(C[C@H](C)N(C)Cc2[nH]cc(C)c(=O)c2C)c1. The van der Waals surface area contributed by atoms with Crippen LogP contribution in [0.15, 0.2) is 29.3 Å². The van der Waals surface area contributed by atoms with Crippen molar-refractivity contribution < 1.29 is 0 Å². The number of aromatic amines is 1. The lowest BCUT2D eigenvalue weighted by molar-refractivity contribution is 0.243. The summed E-state index contributed by atoms with van der Waals surface area (Å²) in [6.07, 6.45) is 4.55. The van der Waals surface area contributed by atoms with Gasteiger partial charge in [0.2, 0.25) is 0 Å². The van der Waals surface area contributed by atoms with Crippen LogP contribution in [-0.2, 0) is 13.0 Å². The normalized spacial score (nSPS) is 12.6. The summed E-state index contributed by atoms with van der Waals surface area (Å²) in [5.74, 6) is 0. The van der Waals surface area contributed by atoms with Gasteiger partial charge in [-0.05, 0) is 52.4 Å². The van der Waals surface area contributed by atoms with Gasteiger partial charge in [-0.2, -0.15) is 0 Å². The first-order valence-electron chi connectivity index (χ1n) is 7.68. The number of rotatable bonds is 5. The number of hydrogen-bond acceptors (Lipinski definition) is 3. The average Bonchev–Trinajstić information content (AvgIpc) is 2.47. The van der Waals surface area contributed by atoms with Gasteiger partial charge in [0.05, 0.1) is 0 Å². The molecular formula is C18H25N3O. The van der Waals surface area contributed by atoms with Gasteiger partial charge in [-0.1, -0.05) is 0 Å². The Morgan fingerprint density at radius 2 is 2.05 bits per heavy atom. The van der Waals surface area contributed by atoms with Crippen molar-refractivity contribution in [2.75, 3.05) is 7.05 Å². The summed E-state index contributed by atoms with van der Waals surface area (Å²) in [6, 6.07) is 4.49. The second kappa shape index (κ2) is 6.88. The largest absolute Gasteiger partial charge is 0.363 e. The maximum Gasteiger partial charge on any atom is 0.187 e. The Hall–Kier alpha value is -1.94. The first-order valence-corrected chi connectivity index (χ1v) is 7.68. The number of nitrogens with zero attached hydrogens (tertiary/aromatic N) is 2. The van der Waals surface area contributed by atoms with Crippen LogP contribution in [0.2, 0.25) is 0 Å². The Bertz CT molecular complexity index is 706. The van der Waals surface area contributed by atoms with Crippen LogP contribution in [-0.4, -0.2) is 28.0 Å². The van der Waals surface area contributed by atoms with Gasteiger partial charge < -0.3 is 4.98 Å². The molecule has 0 bridgehead atoms. The topological polar surface area (TPSA) is 49.0 Å². The van der Waals surface area contributed by atoms with E-state index >= 15 is 0 Å². The van der Waals surface area contributed by atoms with E-state index in [9.17, 15) is 4.79 Å². The molecule has 0 aliphatic rings. The van der Waals surface area contributed by atoms with Crippen molar-refractivity contribution in [2.24, 2.45) is 0 Å². The molecule has 2 aromatic heterocycles. The molecule has 0 radical (unpaired) electrons. The molecule has 0 saturated carbocycles. The van der Waals surface area contributed by atoms with Crippen LogP contribution in [0.3, 0.4) is 0 Å². The van der Waals surface area contributed by atoms with Crippen LogP contribution in [0.5, 0.6) is 0 Å². The number of hydrogen-bond donors (Lipinski definition) is 1. The van der Waals surface area contributed by atoms with E-state index < -0.39 is 0 Å². The van der Waals surface area contributed by atoms with E-state index in [4.69, 9.17) is 0 Å². The summed E-state index contributed by atoms with van der Waals surface area (Å²) < 4.78 is 0. The predicted molar refractivity (Wildman–Crippen MR) is 90.1 cm³/mol. The molecule has 4 nitrogen and oxygen atoms in total. The van der Waals surface area contributed by atoms with Gasteiger partial charge in [0.1, 0.15) is 0 Å². The number of nitrogens with one attached hydrogen (secondary N) is 1. The molecule has 0 aliphatic carbocycles. The zero-order valence-corrected chi connectivity index (χ0v) is 14.1. The molecule has 0 spiro atoms. The molecule has 0 fully saturated rings. The minimum atomic E-state index is 0.134. The minimum Gasteiger partial charge on any atom is -0.363 e.